The Kier molecular flexibility index (Phi) is 3.64. The molecule has 0 spiro atoms. The molecule has 3 N–H and O–H groups in total. The second-order valence-electron chi connectivity index (χ2n) is 2.76. The van der Waals surface area contributed by atoms with Gasteiger partial charge in [-0.25, -0.2) is 0 Å². The highest BCUT2D eigenvalue weighted by Gasteiger charge is 2.18. The minimum absolute atomic E-state index is 0.0891. The molecule has 0 saturated carbocycles. The zero-order valence-corrected chi connectivity index (χ0v) is 7.72. The lowest BCUT2D eigenvalue weighted by molar-refractivity contribution is 0.390. The molecule has 0 aliphatic rings. The van der Waals surface area contributed by atoms with Crippen LogP contribution in [-0.2, 0) is 0 Å². The monoisotopic (exact) mass is 160 g/mol. The highest BCUT2D eigenvalue weighted by molar-refractivity contribution is 7.80. The topological polar surface area (TPSA) is 38.0 Å². The summed E-state index contributed by atoms with van der Waals surface area (Å²) in [6, 6.07) is 0. The molecule has 0 radical (unpaired) electrons. The Morgan fingerprint density at radius 2 is 1.90 bits per heavy atom. The van der Waals surface area contributed by atoms with E-state index in [2.05, 4.69) is 26.1 Å². The van der Waals surface area contributed by atoms with Gasteiger partial charge >= 0.3 is 0 Å². The first-order valence-electron chi connectivity index (χ1n) is 3.61. The third kappa shape index (κ3) is 3.01. The molecule has 0 saturated heterocycles. The molecule has 0 unspecified atom stereocenters. The van der Waals surface area contributed by atoms with Crippen molar-refractivity contribution in [3.63, 3.8) is 0 Å². The van der Waals surface area contributed by atoms with Crippen LogP contribution >= 0.6 is 12.2 Å². The fourth-order valence-corrected chi connectivity index (χ4v) is 0.971. The molecule has 2 nitrogen and oxygen atoms in total. The molecule has 0 rings (SSSR count). The SMILES string of the molecule is CCC(C)(CC)NC(N)=S. The van der Waals surface area contributed by atoms with Crippen LogP contribution in [0, 0.1) is 0 Å². The van der Waals surface area contributed by atoms with Gasteiger partial charge in [0.1, 0.15) is 0 Å². The molecule has 0 fully saturated rings. The molecule has 0 bridgehead atoms. The van der Waals surface area contributed by atoms with Crippen LogP contribution in [0.1, 0.15) is 33.6 Å². The minimum Gasteiger partial charge on any atom is -0.376 e. The third-order valence-electron chi connectivity index (χ3n) is 1.99. The van der Waals surface area contributed by atoms with Gasteiger partial charge in [-0.2, -0.15) is 0 Å². The van der Waals surface area contributed by atoms with Crippen molar-refractivity contribution in [3.8, 4) is 0 Å². The van der Waals surface area contributed by atoms with Crippen molar-refractivity contribution in [3.05, 3.63) is 0 Å². The van der Waals surface area contributed by atoms with Gasteiger partial charge in [0.25, 0.3) is 0 Å². The highest BCUT2D eigenvalue weighted by atomic mass is 32.1. The number of hydrogen-bond donors (Lipinski definition) is 2. The first-order valence-corrected chi connectivity index (χ1v) is 4.02. The van der Waals surface area contributed by atoms with Crippen LogP contribution in [0.25, 0.3) is 0 Å². The van der Waals surface area contributed by atoms with Gasteiger partial charge in [-0.05, 0) is 32.0 Å². The van der Waals surface area contributed by atoms with E-state index in [1.54, 1.807) is 0 Å². The van der Waals surface area contributed by atoms with Crippen molar-refractivity contribution >= 4 is 17.3 Å². The van der Waals surface area contributed by atoms with E-state index in [-0.39, 0.29) is 5.54 Å². The molecule has 3 heteroatoms. The number of rotatable bonds is 3. The fraction of sp³-hybridized carbons (Fsp3) is 0.857. The predicted octanol–water partition coefficient (Wildman–Crippen LogP) is 1.40. The van der Waals surface area contributed by atoms with Gasteiger partial charge in [0.2, 0.25) is 0 Å². The maximum absolute atomic E-state index is 5.35. The summed E-state index contributed by atoms with van der Waals surface area (Å²) in [4.78, 5) is 0. The summed E-state index contributed by atoms with van der Waals surface area (Å²) in [5.41, 5.74) is 5.44. The highest BCUT2D eigenvalue weighted by Crippen LogP contribution is 2.12. The van der Waals surface area contributed by atoms with E-state index < -0.39 is 0 Å². The second kappa shape index (κ2) is 3.76. The molecule has 0 aliphatic carbocycles. The minimum atomic E-state index is 0.0891. The molecule has 0 aliphatic heterocycles. The van der Waals surface area contributed by atoms with Crippen molar-refractivity contribution in [1.29, 1.82) is 0 Å². The predicted molar refractivity (Wildman–Crippen MR) is 48.9 cm³/mol. The van der Waals surface area contributed by atoms with Gasteiger partial charge in [-0.1, -0.05) is 13.8 Å². The average molecular weight is 160 g/mol. The van der Waals surface area contributed by atoms with Crippen LogP contribution in [-0.4, -0.2) is 10.7 Å². The van der Waals surface area contributed by atoms with E-state index >= 15 is 0 Å². The third-order valence-corrected chi connectivity index (χ3v) is 2.09. The summed E-state index contributed by atoms with van der Waals surface area (Å²) in [7, 11) is 0. The normalized spacial score (nSPS) is 11.1. The van der Waals surface area contributed by atoms with E-state index in [4.69, 9.17) is 18.0 Å². The van der Waals surface area contributed by atoms with Gasteiger partial charge in [-0.3, -0.25) is 0 Å². The van der Waals surface area contributed by atoms with Gasteiger partial charge in [0.15, 0.2) is 5.11 Å². The maximum Gasteiger partial charge on any atom is 0.164 e. The Hall–Kier alpha value is -0.310. The largest absolute Gasteiger partial charge is 0.376 e. The van der Waals surface area contributed by atoms with Crippen LogP contribution < -0.4 is 11.1 Å². The molecular formula is C7H16N2S. The summed E-state index contributed by atoms with van der Waals surface area (Å²) in [5, 5.41) is 3.46. The Morgan fingerprint density at radius 1 is 1.50 bits per heavy atom. The van der Waals surface area contributed by atoms with Crippen LogP contribution in [0.3, 0.4) is 0 Å². The smallest absolute Gasteiger partial charge is 0.164 e. The molecule has 0 amide bonds. The van der Waals surface area contributed by atoms with Crippen LogP contribution in [0.5, 0.6) is 0 Å². The average Bonchev–Trinajstić information content (AvgIpc) is 1.87. The van der Waals surface area contributed by atoms with Crippen molar-refractivity contribution < 1.29 is 0 Å². The lowest BCUT2D eigenvalue weighted by Gasteiger charge is -2.28. The summed E-state index contributed by atoms with van der Waals surface area (Å²) in [5.74, 6) is 0. The number of hydrogen-bond acceptors (Lipinski definition) is 1. The molecule has 60 valence electrons. The van der Waals surface area contributed by atoms with Gasteiger partial charge in [0, 0.05) is 5.54 Å². The zero-order valence-electron chi connectivity index (χ0n) is 6.90. The molecule has 0 heterocycles. The van der Waals surface area contributed by atoms with E-state index in [1.165, 1.54) is 0 Å². The lowest BCUT2D eigenvalue weighted by Crippen LogP contribution is -2.47. The number of nitrogens with two attached hydrogens (primary N) is 1. The molecule has 0 aromatic carbocycles. The fourth-order valence-electron chi connectivity index (χ4n) is 0.724. The first-order chi connectivity index (χ1) is 4.54. The first kappa shape index (κ1) is 9.69. The van der Waals surface area contributed by atoms with Gasteiger partial charge < -0.3 is 11.1 Å². The summed E-state index contributed by atoms with van der Waals surface area (Å²) in [6.07, 6.45) is 2.08. The van der Waals surface area contributed by atoms with Crippen molar-refractivity contribution in [1.82, 2.24) is 5.32 Å². The van der Waals surface area contributed by atoms with Crippen LogP contribution in [0.15, 0.2) is 0 Å². The summed E-state index contributed by atoms with van der Waals surface area (Å²) >= 11 is 4.74. The Labute approximate surface area is 68.2 Å². The zero-order chi connectivity index (χ0) is 8.20. The van der Waals surface area contributed by atoms with Crippen molar-refractivity contribution in [2.75, 3.05) is 0 Å². The molecule has 0 atom stereocenters. The van der Waals surface area contributed by atoms with E-state index in [1.807, 2.05) is 0 Å². The molecule has 0 aromatic heterocycles. The van der Waals surface area contributed by atoms with Gasteiger partial charge in [-0.15, -0.1) is 0 Å². The van der Waals surface area contributed by atoms with E-state index in [9.17, 15) is 0 Å². The van der Waals surface area contributed by atoms with E-state index in [0.29, 0.717) is 5.11 Å². The summed E-state index contributed by atoms with van der Waals surface area (Å²) < 4.78 is 0. The molecular weight excluding hydrogens is 144 g/mol. The van der Waals surface area contributed by atoms with E-state index in [0.717, 1.165) is 12.8 Å². The number of thiocarbonyl (C=S) groups is 1. The van der Waals surface area contributed by atoms with Gasteiger partial charge in [0.05, 0.1) is 0 Å². The summed E-state index contributed by atoms with van der Waals surface area (Å²) in [6.45, 7) is 6.36. The molecule has 0 aromatic rings. The maximum atomic E-state index is 5.35. The molecule has 10 heavy (non-hydrogen) atoms. The standard InChI is InChI=1S/C7H16N2S/c1-4-7(3,5-2)9-6(8)10/h4-5H2,1-3H3,(H3,8,9,10). The Balaban J connectivity index is 3.92. The van der Waals surface area contributed by atoms with Crippen LogP contribution in [0.4, 0.5) is 0 Å². The second-order valence-corrected chi connectivity index (χ2v) is 3.20. The van der Waals surface area contributed by atoms with Crippen molar-refractivity contribution in [2.24, 2.45) is 5.73 Å². The number of nitrogens with one attached hydrogen (secondary N) is 1. The van der Waals surface area contributed by atoms with Crippen LogP contribution in [0.2, 0.25) is 0 Å². The Morgan fingerprint density at radius 3 is 2.00 bits per heavy atom. The lowest BCUT2D eigenvalue weighted by atomic mass is 9.96. The van der Waals surface area contributed by atoms with Crippen molar-refractivity contribution in [2.45, 2.75) is 39.2 Å². The quantitative estimate of drug-likeness (QED) is 0.613. The Bertz CT molecular complexity index is 119.